The Morgan fingerprint density at radius 2 is 2.03 bits per heavy atom. The number of nitrogens with one attached hydrogen (secondary N) is 1. The summed E-state index contributed by atoms with van der Waals surface area (Å²) >= 11 is 0. The molecule has 1 aliphatic carbocycles. The Bertz CT molecular complexity index is 1190. The Balaban J connectivity index is 1.47. The smallest absolute Gasteiger partial charge is 0.252 e. The molecule has 3 heterocycles. The van der Waals surface area contributed by atoms with Crippen molar-refractivity contribution in [2.24, 2.45) is 0 Å². The van der Waals surface area contributed by atoms with E-state index in [1.165, 1.54) is 12.8 Å². The molecular formula is C27H39N7O2. The van der Waals surface area contributed by atoms with E-state index in [0.29, 0.717) is 12.6 Å². The highest BCUT2D eigenvalue weighted by Gasteiger charge is 2.30. The van der Waals surface area contributed by atoms with Crippen LogP contribution in [0.1, 0.15) is 74.5 Å². The quantitative estimate of drug-likeness (QED) is 0.461. The summed E-state index contributed by atoms with van der Waals surface area (Å²) < 4.78 is 7.64. The van der Waals surface area contributed by atoms with Gasteiger partial charge in [0, 0.05) is 38.3 Å². The van der Waals surface area contributed by atoms with E-state index in [-0.39, 0.29) is 11.6 Å². The largest absolute Gasteiger partial charge is 0.379 e. The number of aromatic nitrogens is 5. The summed E-state index contributed by atoms with van der Waals surface area (Å²) in [5.74, 6) is 0.943. The van der Waals surface area contributed by atoms with Crippen molar-refractivity contribution in [3.63, 3.8) is 0 Å². The highest BCUT2D eigenvalue weighted by atomic mass is 16.5. The van der Waals surface area contributed by atoms with E-state index in [1.807, 2.05) is 19.1 Å². The van der Waals surface area contributed by atoms with Gasteiger partial charge in [0.15, 0.2) is 5.82 Å². The summed E-state index contributed by atoms with van der Waals surface area (Å²) in [6.07, 6.45) is 6.69. The zero-order valence-electron chi connectivity index (χ0n) is 21.7. The van der Waals surface area contributed by atoms with Crippen molar-refractivity contribution >= 4 is 10.9 Å². The molecule has 0 amide bonds. The van der Waals surface area contributed by atoms with Crippen LogP contribution < -0.4 is 5.56 Å². The molecule has 36 heavy (non-hydrogen) atoms. The zero-order valence-corrected chi connectivity index (χ0v) is 21.7. The lowest BCUT2D eigenvalue weighted by atomic mass is 10.1. The number of morpholine rings is 1. The van der Waals surface area contributed by atoms with E-state index >= 15 is 0 Å². The van der Waals surface area contributed by atoms with Gasteiger partial charge < -0.3 is 9.72 Å². The number of ether oxygens (including phenoxy) is 1. The van der Waals surface area contributed by atoms with Crippen molar-refractivity contribution in [3.8, 4) is 0 Å². The minimum absolute atomic E-state index is 0.0150. The number of nitrogens with zero attached hydrogens (tertiary/aromatic N) is 6. The van der Waals surface area contributed by atoms with E-state index in [4.69, 9.17) is 4.74 Å². The first-order chi connectivity index (χ1) is 17.6. The summed E-state index contributed by atoms with van der Waals surface area (Å²) in [7, 11) is 0. The second-order valence-electron chi connectivity index (χ2n) is 10.3. The molecule has 194 valence electrons. The van der Waals surface area contributed by atoms with Crippen molar-refractivity contribution in [2.45, 2.75) is 71.0 Å². The molecule has 0 radical (unpaired) electrons. The summed E-state index contributed by atoms with van der Waals surface area (Å²) in [4.78, 5) is 21.2. The Morgan fingerprint density at radius 1 is 1.22 bits per heavy atom. The van der Waals surface area contributed by atoms with Crippen molar-refractivity contribution in [1.82, 2.24) is 35.0 Å². The summed E-state index contributed by atoms with van der Waals surface area (Å²) in [5, 5.41) is 14.2. The minimum Gasteiger partial charge on any atom is -0.379 e. The van der Waals surface area contributed by atoms with E-state index in [1.54, 1.807) is 0 Å². The Labute approximate surface area is 212 Å². The number of aryl methyl sites for hydroxylation is 1. The molecule has 0 bridgehead atoms. The molecule has 2 aliphatic rings. The zero-order chi connectivity index (χ0) is 24.9. The molecule has 1 aromatic carbocycles. The van der Waals surface area contributed by atoms with E-state index < -0.39 is 0 Å². The number of fused-ring (bicyclic) bond motifs is 1. The average Bonchev–Trinajstić information content (AvgIpc) is 3.59. The molecule has 3 aromatic rings. The predicted octanol–water partition coefficient (Wildman–Crippen LogP) is 3.61. The number of rotatable bonds is 10. The molecule has 1 unspecified atom stereocenters. The highest BCUT2D eigenvalue weighted by Crippen LogP contribution is 2.33. The van der Waals surface area contributed by atoms with Gasteiger partial charge >= 0.3 is 0 Å². The first kappa shape index (κ1) is 25.0. The van der Waals surface area contributed by atoms with Crippen molar-refractivity contribution in [1.29, 1.82) is 0 Å². The molecule has 0 spiro atoms. The Morgan fingerprint density at radius 3 is 2.81 bits per heavy atom. The van der Waals surface area contributed by atoms with E-state index in [9.17, 15) is 4.79 Å². The van der Waals surface area contributed by atoms with Crippen LogP contribution in [0.25, 0.3) is 10.9 Å². The number of aromatic amines is 1. The van der Waals surface area contributed by atoms with E-state index in [2.05, 4.69) is 54.0 Å². The molecular weight excluding hydrogens is 454 g/mol. The summed E-state index contributed by atoms with van der Waals surface area (Å²) in [6, 6.07) is 8.65. The van der Waals surface area contributed by atoms with Gasteiger partial charge in [0.05, 0.1) is 30.8 Å². The third-order valence-electron chi connectivity index (χ3n) is 7.84. The van der Waals surface area contributed by atoms with Crippen LogP contribution in [0.2, 0.25) is 0 Å². The predicted molar refractivity (Wildman–Crippen MR) is 140 cm³/mol. The second-order valence-corrected chi connectivity index (χ2v) is 10.3. The lowest BCUT2D eigenvalue weighted by Gasteiger charge is -2.34. The maximum Gasteiger partial charge on any atom is 0.252 e. The molecule has 2 fully saturated rings. The third-order valence-corrected chi connectivity index (χ3v) is 7.84. The van der Waals surface area contributed by atoms with Gasteiger partial charge in [-0.2, -0.15) is 0 Å². The van der Waals surface area contributed by atoms with Crippen LogP contribution in [0.4, 0.5) is 0 Å². The number of para-hydroxylation sites is 1. The van der Waals surface area contributed by atoms with Crippen LogP contribution in [0.15, 0.2) is 29.1 Å². The second kappa shape index (κ2) is 11.6. The van der Waals surface area contributed by atoms with Gasteiger partial charge in [-0.15, -0.1) is 5.10 Å². The van der Waals surface area contributed by atoms with Gasteiger partial charge in [0.2, 0.25) is 0 Å². The summed E-state index contributed by atoms with van der Waals surface area (Å²) in [6.45, 7) is 10.0. The molecule has 1 aliphatic heterocycles. The molecule has 9 heteroatoms. The van der Waals surface area contributed by atoms with E-state index in [0.717, 1.165) is 92.9 Å². The third kappa shape index (κ3) is 5.53. The maximum absolute atomic E-state index is 13.2. The topological polar surface area (TPSA) is 92.2 Å². The Kier molecular flexibility index (Phi) is 8.09. The van der Waals surface area contributed by atoms with Gasteiger partial charge in [-0.3, -0.25) is 14.6 Å². The fourth-order valence-electron chi connectivity index (χ4n) is 5.78. The molecule has 1 saturated heterocycles. The SMILES string of the molecule is CCCC(c1nnnn1C1CCCC1)N(CCN1CCOCC1)Cc1cc2cccc(C)c2[nH]c1=O. The van der Waals surface area contributed by atoms with Gasteiger partial charge in [-0.1, -0.05) is 44.4 Å². The van der Waals surface area contributed by atoms with Gasteiger partial charge in [-0.05, 0) is 53.6 Å². The number of hydrogen-bond donors (Lipinski definition) is 1. The minimum atomic E-state index is -0.0150. The van der Waals surface area contributed by atoms with Gasteiger partial charge in [-0.25, -0.2) is 4.68 Å². The van der Waals surface area contributed by atoms with Crippen LogP contribution in [-0.4, -0.2) is 74.4 Å². The van der Waals surface area contributed by atoms with Crippen LogP contribution in [0, 0.1) is 6.92 Å². The van der Waals surface area contributed by atoms with Crippen molar-refractivity contribution < 1.29 is 4.74 Å². The fourth-order valence-corrected chi connectivity index (χ4v) is 5.78. The lowest BCUT2D eigenvalue weighted by Crippen LogP contribution is -2.43. The molecule has 9 nitrogen and oxygen atoms in total. The molecule has 1 atom stereocenters. The number of hydrogen-bond acceptors (Lipinski definition) is 7. The van der Waals surface area contributed by atoms with Crippen LogP contribution in [0.3, 0.4) is 0 Å². The summed E-state index contributed by atoms with van der Waals surface area (Å²) in [5.41, 5.74) is 2.77. The van der Waals surface area contributed by atoms with Crippen molar-refractivity contribution in [2.75, 3.05) is 39.4 Å². The number of H-pyrrole nitrogens is 1. The Hall–Kier alpha value is -2.62. The van der Waals surface area contributed by atoms with Crippen LogP contribution in [0.5, 0.6) is 0 Å². The van der Waals surface area contributed by atoms with Gasteiger partial charge in [0.1, 0.15) is 0 Å². The van der Waals surface area contributed by atoms with Crippen LogP contribution >= 0.6 is 0 Å². The van der Waals surface area contributed by atoms with Crippen molar-refractivity contribution in [3.05, 3.63) is 51.6 Å². The van der Waals surface area contributed by atoms with Crippen LogP contribution in [-0.2, 0) is 11.3 Å². The first-order valence-corrected chi connectivity index (χ1v) is 13.6. The fraction of sp³-hybridized carbons (Fsp3) is 0.630. The van der Waals surface area contributed by atoms with Gasteiger partial charge in [0.25, 0.3) is 5.56 Å². The highest BCUT2D eigenvalue weighted by molar-refractivity contribution is 5.81. The molecule has 1 saturated carbocycles. The molecule has 1 N–H and O–H groups in total. The first-order valence-electron chi connectivity index (χ1n) is 13.6. The average molecular weight is 494 g/mol. The number of pyridine rings is 1. The molecule has 5 rings (SSSR count). The lowest BCUT2D eigenvalue weighted by molar-refractivity contribution is 0.0288. The molecule has 2 aromatic heterocycles. The number of benzene rings is 1. The standard InChI is InChI=1S/C27H39N7O2/c1-3-7-24(26-29-30-31-34(26)23-10-4-5-11-23)33(13-12-32-14-16-36-17-15-32)19-22-18-21-9-6-8-20(2)25(21)28-27(22)35/h6,8-9,18,23-24H,3-5,7,10-17,19H2,1-2H3,(H,28,35). The number of tetrazole rings is 1. The monoisotopic (exact) mass is 493 g/mol. The normalized spacial score (nSPS) is 18.4. The maximum atomic E-state index is 13.2.